The molecular weight excluding hydrogens is 394 g/mol. The van der Waals surface area contributed by atoms with E-state index in [-0.39, 0.29) is 17.7 Å². The molecule has 0 aromatic rings. The lowest BCUT2D eigenvalue weighted by Gasteiger charge is -2.34. The van der Waals surface area contributed by atoms with Gasteiger partial charge in [0.05, 0.1) is 32.8 Å². The number of likely N-dealkylation sites (tertiary alicyclic amines) is 2. The highest BCUT2D eigenvalue weighted by molar-refractivity contribution is 5.78. The SMILES string of the molecule is CC(C)C1CCN(C(=O)CCOCCOCCNC(=O)C2CCN(C(C)C)CC2)CC1. The third kappa shape index (κ3) is 9.46. The summed E-state index contributed by atoms with van der Waals surface area (Å²) in [6, 6.07) is 0.556. The fourth-order valence-electron chi connectivity index (χ4n) is 4.52. The van der Waals surface area contributed by atoms with E-state index in [4.69, 9.17) is 9.47 Å². The molecule has 0 unspecified atom stereocenters. The lowest BCUT2D eigenvalue weighted by atomic mass is 9.86. The van der Waals surface area contributed by atoms with Crippen LogP contribution in [0.25, 0.3) is 0 Å². The molecule has 0 saturated carbocycles. The van der Waals surface area contributed by atoms with Gasteiger partial charge in [-0.1, -0.05) is 13.8 Å². The molecule has 0 aromatic heterocycles. The van der Waals surface area contributed by atoms with E-state index in [1.807, 2.05) is 4.90 Å². The zero-order chi connectivity index (χ0) is 22.6. The molecule has 2 aliphatic rings. The van der Waals surface area contributed by atoms with Crippen LogP contribution in [0.5, 0.6) is 0 Å². The van der Waals surface area contributed by atoms with E-state index < -0.39 is 0 Å². The van der Waals surface area contributed by atoms with Crippen LogP contribution in [-0.4, -0.2) is 86.8 Å². The maximum absolute atomic E-state index is 12.3. The van der Waals surface area contributed by atoms with E-state index in [0.717, 1.165) is 57.8 Å². The van der Waals surface area contributed by atoms with E-state index in [9.17, 15) is 9.59 Å². The van der Waals surface area contributed by atoms with Crippen LogP contribution in [0.2, 0.25) is 0 Å². The number of carbonyl (C=O) groups excluding carboxylic acids is 2. The molecule has 0 aromatic carbocycles. The zero-order valence-electron chi connectivity index (χ0n) is 20.2. The second-order valence-electron chi connectivity index (χ2n) is 9.63. The molecule has 2 amide bonds. The van der Waals surface area contributed by atoms with Gasteiger partial charge in [0.1, 0.15) is 0 Å². The van der Waals surface area contributed by atoms with Gasteiger partial charge in [0.2, 0.25) is 11.8 Å². The highest BCUT2D eigenvalue weighted by atomic mass is 16.5. The summed E-state index contributed by atoms with van der Waals surface area (Å²) in [6.07, 6.45) is 4.55. The summed E-state index contributed by atoms with van der Waals surface area (Å²) >= 11 is 0. The first kappa shape index (κ1) is 26.1. The fraction of sp³-hybridized carbons (Fsp3) is 0.917. The summed E-state index contributed by atoms with van der Waals surface area (Å²) in [5.41, 5.74) is 0. The Morgan fingerprint density at radius 3 is 2.06 bits per heavy atom. The van der Waals surface area contributed by atoms with Gasteiger partial charge >= 0.3 is 0 Å². The third-order valence-electron chi connectivity index (χ3n) is 6.84. The predicted molar refractivity (Wildman–Crippen MR) is 123 cm³/mol. The van der Waals surface area contributed by atoms with Gasteiger partial charge in [-0.05, 0) is 64.5 Å². The summed E-state index contributed by atoms with van der Waals surface area (Å²) in [7, 11) is 0. The minimum Gasteiger partial charge on any atom is -0.379 e. The number of hydrogen-bond donors (Lipinski definition) is 1. The largest absolute Gasteiger partial charge is 0.379 e. The molecule has 31 heavy (non-hydrogen) atoms. The lowest BCUT2D eigenvalue weighted by molar-refractivity contribution is -0.134. The van der Waals surface area contributed by atoms with Gasteiger partial charge in [-0.25, -0.2) is 0 Å². The molecule has 2 heterocycles. The molecule has 1 N–H and O–H groups in total. The Labute approximate surface area is 189 Å². The molecule has 0 spiro atoms. The molecule has 2 saturated heterocycles. The third-order valence-corrected chi connectivity index (χ3v) is 6.84. The van der Waals surface area contributed by atoms with Crippen LogP contribution in [0, 0.1) is 17.8 Å². The second kappa shape index (κ2) is 14.1. The monoisotopic (exact) mass is 439 g/mol. The molecule has 7 nitrogen and oxygen atoms in total. The standard InChI is InChI=1S/C24H45N3O4/c1-19(2)21-5-13-27(14-6-21)23(28)9-15-30-17-18-31-16-10-25-24(29)22-7-11-26(12-8-22)20(3)4/h19-22H,5-18H2,1-4H3,(H,25,29). The number of ether oxygens (including phenoxy) is 2. The van der Waals surface area contributed by atoms with Gasteiger partial charge in [-0.3, -0.25) is 9.59 Å². The first-order valence-electron chi connectivity index (χ1n) is 12.3. The van der Waals surface area contributed by atoms with Gasteiger partial charge in [-0.2, -0.15) is 0 Å². The Bertz CT molecular complexity index is 479. The number of carbonyl (C=O) groups is 2. The second-order valence-corrected chi connectivity index (χ2v) is 9.63. The number of nitrogens with one attached hydrogen (secondary N) is 1. The average Bonchev–Trinajstić information content (AvgIpc) is 2.77. The molecule has 7 heteroatoms. The van der Waals surface area contributed by atoms with Gasteiger partial charge in [0.15, 0.2) is 0 Å². The summed E-state index contributed by atoms with van der Waals surface area (Å²) in [4.78, 5) is 28.9. The first-order chi connectivity index (χ1) is 14.9. The Morgan fingerprint density at radius 1 is 0.871 bits per heavy atom. The van der Waals surface area contributed by atoms with Crippen molar-refractivity contribution in [3.63, 3.8) is 0 Å². The molecule has 0 bridgehead atoms. The molecule has 2 aliphatic heterocycles. The number of nitrogens with zero attached hydrogens (tertiary/aromatic N) is 2. The van der Waals surface area contributed by atoms with Crippen molar-refractivity contribution in [1.29, 1.82) is 0 Å². The number of amides is 2. The van der Waals surface area contributed by atoms with Gasteiger partial charge in [0, 0.05) is 31.6 Å². The van der Waals surface area contributed by atoms with Crippen molar-refractivity contribution < 1.29 is 19.1 Å². The minimum absolute atomic E-state index is 0.132. The Balaban J connectivity index is 1.40. The van der Waals surface area contributed by atoms with Crippen molar-refractivity contribution in [3.8, 4) is 0 Å². The number of hydrogen-bond acceptors (Lipinski definition) is 5. The highest BCUT2D eigenvalue weighted by Crippen LogP contribution is 2.24. The molecule has 2 fully saturated rings. The molecular formula is C24H45N3O4. The van der Waals surface area contributed by atoms with E-state index >= 15 is 0 Å². The first-order valence-corrected chi connectivity index (χ1v) is 12.3. The van der Waals surface area contributed by atoms with Crippen LogP contribution in [-0.2, 0) is 19.1 Å². The maximum Gasteiger partial charge on any atom is 0.224 e. The van der Waals surface area contributed by atoms with Crippen LogP contribution in [0.3, 0.4) is 0 Å². The van der Waals surface area contributed by atoms with Crippen LogP contribution in [0.4, 0.5) is 0 Å². The molecule has 0 aliphatic carbocycles. The summed E-state index contributed by atoms with van der Waals surface area (Å²) < 4.78 is 11.1. The molecule has 2 rings (SSSR count). The Morgan fingerprint density at radius 2 is 1.48 bits per heavy atom. The van der Waals surface area contributed by atoms with Crippen molar-refractivity contribution in [1.82, 2.24) is 15.1 Å². The number of piperidine rings is 2. The van der Waals surface area contributed by atoms with Crippen LogP contribution < -0.4 is 5.32 Å². The quantitative estimate of drug-likeness (QED) is 0.473. The van der Waals surface area contributed by atoms with Gasteiger partial charge < -0.3 is 24.6 Å². The predicted octanol–water partition coefficient (Wildman–Crippen LogP) is 2.54. The van der Waals surface area contributed by atoms with Gasteiger partial charge in [-0.15, -0.1) is 0 Å². The van der Waals surface area contributed by atoms with Crippen LogP contribution in [0.15, 0.2) is 0 Å². The summed E-state index contributed by atoms with van der Waals surface area (Å²) in [5, 5.41) is 2.99. The Hall–Kier alpha value is -1.18. The van der Waals surface area contributed by atoms with Gasteiger partial charge in [0.25, 0.3) is 0 Å². The summed E-state index contributed by atoms with van der Waals surface area (Å²) in [6.45, 7) is 15.1. The normalized spacial score (nSPS) is 19.4. The van der Waals surface area contributed by atoms with Crippen molar-refractivity contribution in [2.75, 3.05) is 59.2 Å². The molecule has 0 radical (unpaired) electrons. The Kier molecular flexibility index (Phi) is 11.8. The molecule has 0 atom stereocenters. The number of rotatable bonds is 12. The van der Waals surface area contributed by atoms with Crippen LogP contribution in [0.1, 0.15) is 59.8 Å². The average molecular weight is 440 g/mol. The van der Waals surface area contributed by atoms with Crippen molar-refractivity contribution in [2.45, 2.75) is 65.8 Å². The van der Waals surface area contributed by atoms with E-state index in [1.54, 1.807) is 0 Å². The maximum atomic E-state index is 12.3. The van der Waals surface area contributed by atoms with Crippen molar-refractivity contribution in [2.24, 2.45) is 17.8 Å². The van der Waals surface area contributed by atoms with Crippen LogP contribution >= 0.6 is 0 Å². The highest BCUT2D eigenvalue weighted by Gasteiger charge is 2.26. The van der Waals surface area contributed by atoms with Crippen molar-refractivity contribution in [3.05, 3.63) is 0 Å². The smallest absolute Gasteiger partial charge is 0.224 e. The molecule has 180 valence electrons. The fourth-order valence-corrected chi connectivity index (χ4v) is 4.52. The van der Waals surface area contributed by atoms with E-state index in [1.165, 1.54) is 0 Å². The van der Waals surface area contributed by atoms with E-state index in [0.29, 0.717) is 51.4 Å². The van der Waals surface area contributed by atoms with Crippen molar-refractivity contribution >= 4 is 11.8 Å². The lowest BCUT2D eigenvalue weighted by Crippen LogP contribution is -2.43. The topological polar surface area (TPSA) is 71.1 Å². The minimum atomic E-state index is 0.132. The summed E-state index contributed by atoms with van der Waals surface area (Å²) in [5.74, 6) is 1.94. The zero-order valence-corrected chi connectivity index (χ0v) is 20.2. The van der Waals surface area contributed by atoms with E-state index in [2.05, 4.69) is 37.9 Å².